The lowest BCUT2D eigenvalue weighted by atomic mass is 10.1. The Hall–Kier alpha value is -3.00. The first-order valence-electron chi connectivity index (χ1n) is 10.8. The summed E-state index contributed by atoms with van der Waals surface area (Å²) in [5.41, 5.74) is 5.53. The third-order valence-electron chi connectivity index (χ3n) is 6.43. The van der Waals surface area contributed by atoms with E-state index >= 15 is 0 Å². The number of amides is 1. The molecule has 1 saturated heterocycles. The Balaban J connectivity index is 1.31. The molecule has 7 nitrogen and oxygen atoms in total. The van der Waals surface area contributed by atoms with Crippen LogP contribution in [0.3, 0.4) is 0 Å². The monoisotopic (exact) mass is 423 g/mol. The fourth-order valence-corrected chi connectivity index (χ4v) is 4.62. The molecule has 1 aliphatic carbocycles. The minimum atomic E-state index is -0.279. The van der Waals surface area contributed by atoms with Crippen molar-refractivity contribution in [1.29, 1.82) is 0 Å². The average Bonchev–Trinajstić information content (AvgIpc) is 3.47. The van der Waals surface area contributed by atoms with Gasteiger partial charge < -0.3 is 9.42 Å². The van der Waals surface area contributed by atoms with E-state index in [1.54, 1.807) is 12.1 Å². The Kier molecular flexibility index (Phi) is 5.09. The molecule has 1 aromatic carbocycles. The van der Waals surface area contributed by atoms with E-state index < -0.39 is 0 Å². The van der Waals surface area contributed by atoms with E-state index in [1.807, 2.05) is 23.4 Å². The molecule has 2 aliphatic rings. The molecule has 8 heteroatoms. The van der Waals surface area contributed by atoms with E-state index in [1.165, 1.54) is 12.1 Å². The van der Waals surface area contributed by atoms with Crippen molar-refractivity contribution in [3.8, 4) is 5.69 Å². The van der Waals surface area contributed by atoms with Gasteiger partial charge in [0.1, 0.15) is 11.6 Å². The van der Waals surface area contributed by atoms with Crippen LogP contribution in [-0.4, -0.2) is 56.8 Å². The first-order valence-corrected chi connectivity index (χ1v) is 10.8. The van der Waals surface area contributed by atoms with Gasteiger partial charge in [-0.25, -0.2) is 9.07 Å². The summed E-state index contributed by atoms with van der Waals surface area (Å²) < 4.78 is 20.4. The van der Waals surface area contributed by atoms with Gasteiger partial charge >= 0.3 is 0 Å². The average molecular weight is 423 g/mol. The van der Waals surface area contributed by atoms with Gasteiger partial charge in [-0.1, -0.05) is 5.16 Å². The number of aromatic nitrogens is 3. The van der Waals surface area contributed by atoms with Gasteiger partial charge in [0.2, 0.25) is 0 Å². The molecule has 1 amide bonds. The third-order valence-corrected chi connectivity index (χ3v) is 6.43. The number of fused-ring (bicyclic) bond motifs is 1. The van der Waals surface area contributed by atoms with Crippen molar-refractivity contribution in [2.45, 2.75) is 39.7 Å². The fraction of sp³-hybridized carbons (Fsp3) is 0.435. The lowest BCUT2D eigenvalue weighted by Crippen LogP contribution is -2.48. The molecule has 1 fully saturated rings. The predicted molar refractivity (Wildman–Crippen MR) is 113 cm³/mol. The molecule has 0 atom stereocenters. The van der Waals surface area contributed by atoms with Crippen LogP contribution in [0.5, 0.6) is 0 Å². The Labute approximate surface area is 180 Å². The zero-order valence-corrected chi connectivity index (χ0v) is 17.9. The molecule has 0 saturated carbocycles. The molecule has 0 N–H and O–H groups in total. The molecule has 31 heavy (non-hydrogen) atoms. The summed E-state index contributed by atoms with van der Waals surface area (Å²) in [6.07, 6.45) is 2.77. The van der Waals surface area contributed by atoms with Crippen LogP contribution in [0, 0.1) is 19.7 Å². The Bertz CT molecular complexity index is 1090. The summed E-state index contributed by atoms with van der Waals surface area (Å²) in [5.74, 6) is 0.576. The molecule has 0 radical (unpaired) electrons. The van der Waals surface area contributed by atoms with Crippen molar-refractivity contribution in [3.63, 3.8) is 0 Å². The highest BCUT2D eigenvalue weighted by atomic mass is 19.1. The smallest absolute Gasteiger partial charge is 0.274 e. The van der Waals surface area contributed by atoms with Crippen LogP contribution in [-0.2, 0) is 19.4 Å². The quantitative estimate of drug-likeness (QED) is 0.645. The second-order valence-corrected chi connectivity index (χ2v) is 8.39. The van der Waals surface area contributed by atoms with Gasteiger partial charge in [-0.05, 0) is 57.4 Å². The van der Waals surface area contributed by atoms with Crippen molar-refractivity contribution in [2.24, 2.45) is 0 Å². The summed E-state index contributed by atoms with van der Waals surface area (Å²) in [6.45, 7) is 7.63. The van der Waals surface area contributed by atoms with E-state index in [9.17, 15) is 9.18 Å². The van der Waals surface area contributed by atoms with Crippen LogP contribution in [0.15, 0.2) is 28.8 Å². The van der Waals surface area contributed by atoms with Gasteiger partial charge in [-0.3, -0.25) is 9.69 Å². The highest BCUT2D eigenvalue weighted by Crippen LogP contribution is 2.29. The number of hydrogen-bond acceptors (Lipinski definition) is 5. The number of nitrogens with zero attached hydrogens (tertiary/aromatic N) is 5. The summed E-state index contributed by atoms with van der Waals surface area (Å²) in [5, 5.41) is 8.71. The number of piperazine rings is 1. The number of benzene rings is 1. The molecule has 0 bridgehead atoms. The van der Waals surface area contributed by atoms with Crippen LogP contribution in [0.2, 0.25) is 0 Å². The Morgan fingerprint density at radius 2 is 1.84 bits per heavy atom. The van der Waals surface area contributed by atoms with Crippen molar-refractivity contribution < 1.29 is 13.7 Å². The van der Waals surface area contributed by atoms with Gasteiger partial charge in [-0.2, -0.15) is 5.10 Å². The lowest BCUT2D eigenvalue weighted by molar-refractivity contribution is 0.0620. The lowest BCUT2D eigenvalue weighted by Gasteiger charge is -2.34. The molecular formula is C23H26FN5O2. The summed E-state index contributed by atoms with van der Waals surface area (Å²) >= 11 is 0. The molecule has 5 rings (SSSR count). The van der Waals surface area contributed by atoms with Crippen LogP contribution >= 0.6 is 0 Å². The molecule has 2 aromatic heterocycles. The third kappa shape index (κ3) is 3.65. The standard InChI is InChI=1S/C23H26FN5O2/c1-15-20(16(2)31-26-15)14-27-10-12-28(13-11-27)23(30)22-19-4-3-5-21(19)29(25-22)18-8-6-17(24)7-9-18/h6-9H,3-5,10-14H2,1-2H3. The maximum atomic E-state index is 13.3. The van der Waals surface area contributed by atoms with E-state index in [2.05, 4.69) is 15.2 Å². The first kappa shape index (κ1) is 19.9. The van der Waals surface area contributed by atoms with Crippen LogP contribution in [0.4, 0.5) is 4.39 Å². The normalized spacial score (nSPS) is 16.7. The number of rotatable bonds is 4. The van der Waals surface area contributed by atoms with E-state index in [4.69, 9.17) is 4.52 Å². The number of carbonyl (C=O) groups is 1. The topological polar surface area (TPSA) is 67.4 Å². The highest BCUT2D eigenvalue weighted by molar-refractivity contribution is 5.94. The molecule has 3 heterocycles. The van der Waals surface area contributed by atoms with Crippen molar-refractivity contribution in [3.05, 3.63) is 64.1 Å². The summed E-state index contributed by atoms with van der Waals surface area (Å²) in [7, 11) is 0. The zero-order chi connectivity index (χ0) is 21.5. The van der Waals surface area contributed by atoms with Gasteiger partial charge in [0.25, 0.3) is 5.91 Å². The number of halogens is 1. The van der Waals surface area contributed by atoms with Crippen LogP contribution in [0.25, 0.3) is 5.69 Å². The molecule has 3 aromatic rings. The van der Waals surface area contributed by atoms with Gasteiger partial charge in [0.15, 0.2) is 5.69 Å². The zero-order valence-electron chi connectivity index (χ0n) is 17.9. The van der Waals surface area contributed by atoms with Crippen molar-refractivity contribution in [1.82, 2.24) is 24.7 Å². The largest absolute Gasteiger partial charge is 0.361 e. The van der Waals surface area contributed by atoms with Gasteiger partial charge in [0.05, 0.1) is 11.4 Å². The fourth-order valence-electron chi connectivity index (χ4n) is 4.62. The van der Waals surface area contributed by atoms with Crippen LogP contribution < -0.4 is 0 Å². The first-order chi connectivity index (χ1) is 15.0. The molecule has 162 valence electrons. The van der Waals surface area contributed by atoms with E-state index in [0.717, 1.165) is 72.9 Å². The van der Waals surface area contributed by atoms with Crippen LogP contribution in [0.1, 0.15) is 45.2 Å². The molecule has 0 spiro atoms. The predicted octanol–water partition coefficient (Wildman–Crippen LogP) is 3.06. The maximum Gasteiger partial charge on any atom is 0.274 e. The number of aryl methyl sites for hydroxylation is 2. The Morgan fingerprint density at radius 1 is 1.10 bits per heavy atom. The minimum Gasteiger partial charge on any atom is -0.361 e. The molecule has 1 aliphatic heterocycles. The second kappa shape index (κ2) is 7.92. The Morgan fingerprint density at radius 3 is 2.52 bits per heavy atom. The van der Waals surface area contributed by atoms with Gasteiger partial charge in [-0.15, -0.1) is 0 Å². The highest BCUT2D eigenvalue weighted by Gasteiger charge is 2.31. The minimum absolute atomic E-state index is 0.00370. The summed E-state index contributed by atoms with van der Waals surface area (Å²) in [6, 6.07) is 6.28. The SMILES string of the molecule is Cc1noc(C)c1CN1CCN(C(=O)c2nn(-c3ccc(F)cc3)c3c2CCC3)CC1. The van der Waals surface area contributed by atoms with Gasteiger partial charge in [0, 0.05) is 49.5 Å². The molecule has 0 unspecified atom stereocenters. The molecular weight excluding hydrogens is 397 g/mol. The summed E-state index contributed by atoms with van der Waals surface area (Å²) in [4.78, 5) is 17.6. The van der Waals surface area contributed by atoms with Crippen molar-refractivity contribution in [2.75, 3.05) is 26.2 Å². The van der Waals surface area contributed by atoms with E-state index in [-0.39, 0.29) is 11.7 Å². The van der Waals surface area contributed by atoms with E-state index in [0.29, 0.717) is 18.8 Å². The number of hydrogen-bond donors (Lipinski definition) is 0. The maximum absolute atomic E-state index is 13.3. The van der Waals surface area contributed by atoms with Crippen molar-refractivity contribution >= 4 is 5.91 Å². The second-order valence-electron chi connectivity index (χ2n) is 8.39. The number of carbonyl (C=O) groups excluding carboxylic acids is 1.